The molecule has 0 bridgehead atoms. The molecule has 2 rings (SSSR count). The maximum absolute atomic E-state index is 13.5. The molecule has 6 nitrogen and oxygen atoms in total. The van der Waals surface area contributed by atoms with Crippen LogP contribution in [0.4, 0.5) is 15.9 Å². The largest absolute Gasteiger partial charge is 0.398 e. The van der Waals surface area contributed by atoms with E-state index in [1.807, 2.05) is 0 Å². The smallest absolute Gasteiger partial charge is 0.263 e. The number of hydrogen-bond donors (Lipinski definition) is 2. The lowest BCUT2D eigenvalue weighted by molar-refractivity contribution is 0.593. The van der Waals surface area contributed by atoms with Gasteiger partial charge in [-0.15, -0.1) is 0 Å². The van der Waals surface area contributed by atoms with Crippen molar-refractivity contribution in [3.8, 4) is 0 Å². The Bertz CT molecular complexity index is 701. The average molecular weight is 284 g/mol. The normalized spacial score (nSPS) is 11.5. The van der Waals surface area contributed by atoms with Crippen LogP contribution in [0.1, 0.15) is 5.56 Å². The van der Waals surface area contributed by atoms with Gasteiger partial charge in [0.25, 0.3) is 10.0 Å². The zero-order valence-corrected chi connectivity index (χ0v) is 11.2. The summed E-state index contributed by atoms with van der Waals surface area (Å²) in [5.41, 5.74) is 5.87. The molecule has 2 aromatic rings. The van der Waals surface area contributed by atoms with Crippen LogP contribution in [0, 0.1) is 12.7 Å². The van der Waals surface area contributed by atoms with Crippen LogP contribution in [0.15, 0.2) is 29.3 Å². The fourth-order valence-corrected chi connectivity index (χ4v) is 2.54. The Morgan fingerprint density at radius 3 is 2.63 bits per heavy atom. The molecule has 0 saturated heterocycles. The number of anilines is 2. The Hall–Kier alpha value is -2.09. The second-order valence-corrected chi connectivity index (χ2v) is 5.78. The number of nitrogens with one attached hydrogen (secondary N) is 1. The lowest BCUT2D eigenvalue weighted by atomic mass is 10.2. The van der Waals surface area contributed by atoms with Crippen LogP contribution in [0.25, 0.3) is 0 Å². The number of nitrogen functional groups attached to an aromatic ring is 1. The summed E-state index contributed by atoms with van der Waals surface area (Å²) >= 11 is 0. The van der Waals surface area contributed by atoms with Gasteiger partial charge in [-0.25, -0.2) is 12.8 Å². The fourth-order valence-electron chi connectivity index (χ4n) is 1.50. The molecule has 0 aliphatic rings. The minimum Gasteiger partial charge on any atom is -0.398 e. The van der Waals surface area contributed by atoms with Crippen molar-refractivity contribution in [1.82, 2.24) is 9.78 Å². The molecule has 3 N–H and O–H groups in total. The predicted molar refractivity (Wildman–Crippen MR) is 69.6 cm³/mol. The molecule has 0 unspecified atom stereocenters. The number of aromatic nitrogens is 2. The second-order valence-electron chi connectivity index (χ2n) is 4.10. The molecule has 1 aromatic carbocycles. The molecule has 1 heterocycles. The summed E-state index contributed by atoms with van der Waals surface area (Å²) in [6, 6.07) is 3.63. The highest BCUT2D eigenvalue weighted by molar-refractivity contribution is 7.92. The molecule has 0 aliphatic heterocycles. The summed E-state index contributed by atoms with van der Waals surface area (Å²) in [6.07, 6.45) is 1.59. The van der Waals surface area contributed by atoms with E-state index in [1.54, 1.807) is 13.2 Å². The first kappa shape index (κ1) is 13.3. The van der Waals surface area contributed by atoms with Crippen LogP contribution >= 0.6 is 0 Å². The van der Waals surface area contributed by atoms with Crippen molar-refractivity contribution < 1.29 is 12.8 Å². The van der Waals surface area contributed by atoms with E-state index in [0.717, 1.165) is 6.07 Å². The van der Waals surface area contributed by atoms with Gasteiger partial charge in [0.15, 0.2) is 5.82 Å². The van der Waals surface area contributed by atoms with Crippen molar-refractivity contribution in [1.29, 1.82) is 0 Å². The zero-order chi connectivity index (χ0) is 14.2. The van der Waals surface area contributed by atoms with Gasteiger partial charge in [0.1, 0.15) is 5.82 Å². The van der Waals surface area contributed by atoms with E-state index in [9.17, 15) is 12.8 Å². The molecular formula is C11H13FN4O2S. The molecule has 0 aliphatic carbocycles. The van der Waals surface area contributed by atoms with E-state index in [1.165, 1.54) is 23.7 Å². The van der Waals surface area contributed by atoms with E-state index < -0.39 is 15.8 Å². The van der Waals surface area contributed by atoms with E-state index in [2.05, 4.69) is 9.82 Å². The summed E-state index contributed by atoms with van der Waals surface area (Å²) in [5.74, 6) is -0.511. The monoisotopic (exact) mass is 284 g/mol. The van der Waals surface area contributed by atoms with Gasteiger partial charge in [0, 0.05) is 30.6 Å². The third-order valence-corrected chi connectivity index (χ3v) is 3.96. The van der Waals surface area contributed by atoms with Crippen molar-refractivity contribution in [3.63, 3.8) is 0 Å². The van der Waals surface area contributed by atoms with Crippen LogP contribution in [0.3, 0.4) is 0 Å². The first-order valence-electron chi connectivity index (χ1n) is 5.37. The number of benzene rings is 1. The third kappa shape index (κ3) is 2.68. The van der Waals surface area contributed by atoms with Gasteiger partial charge < -0.3 is 5.73 Å². The zero-order valence-electron chi connectivity index (χ0n) is 10.4. The average Bonchev–Trinajstić information content (AvgIpc) is 2.70. The highest BCUT2D eigenvalue weighted by Gasteiger charge is 2.18. The summed E-state index contributed by atoms with van der Waals surface area (Å²) in [6.45, 7) is 1.48. The minimum absolute atomic E-state index is 0.0846. The maximum Gasteiger partial charge on any atom is 0.263 e. The van der Waals surface area contributed by atoms with Crippen molar-refractivity contribution in [2.24, 2.45) is 7.05 Å². The number of nitrogens with zero attached hydrogens (tertiary/aromatic N) is 2. The van der Waals surface area contributed by atoms with Crippen LogP contribution in [0.2, 0.25) is 0 Å². The SMILES string of the molecule is Cc1c(N)cc(S(=O)(=O)Nc2ccn(C)n2)cc1F. The molecule has 0 radical (unpaired) electrons. The molecule has 0 spiro atoms. The Morgan fingerprint density at radius 1 is 1.42 bits per heavy atom. The predicted octanol–water partition coefficient (Wildman–Crippen LogP) is 1.25. The first-order chi connectivity index (χ1) is 8.79. The topological polar surface area (TPSA) is 90.0 Å². The molecule has 0 atom stereocenters. The number of rotatable bonds is 3. The highest BCUT2D eigenvalue weighted by atomic mass is 32.2. The molecule has 0 saturated carbocycles. The van der Waals surface area contributed by atoms with E-state index in [4.69, 9.17) is 5.73 Å². The molecule has 1 aromatic heterocycles. The van der Waals surface area contributed by atoms with Gasteiger partial charge in [-0.1, -0.05) is 0 Å². The van der Waals surface area contributed by atoms with Crippen molar-refractivity contribution in [3.05, 3.63) is 35.8 Å². The molecule has 19 heavy (non-hydrogen) atoms. The number of sulfonamides is 1. The number of aryl methyl sites for hydroxylation is 1. The molecule has 0 fully saturated rings. The van der Waals surface area contributed by atoms with Gasteiger partial charge in [0.05, 0.1) is 4.90 Å². The van der Waals surface area contributed by atoms with Crippen molar-refractivity contribution >= 4 is 21.5 Å². The standard InChI is InChI=1S/C11H13FN4O2S/c1-7-9(12)5-8(6-10(7)13)19(17,18)15-11-3-4-16(2)14-11/h3-6H,13H2,1-2H3,(H,14,15). The maximum atomic E-state index is 13.5. The van der Waals surface area contributed by atoms with Crippen LogP contribution < -0.4 is 10.5 Å². The van der Waals surface area contributed by atoms with Gasteiger partial charge in [-0.05, 0) is 19.1 Å². The quantitative estimate of drug-likeness (QED) is 0.830. The van der Waals surface area contributed by atoms with E-state index >= 15 is 0 Å². The van der Waals surface area contributed by atoms with E-state index in [-0.39, 0.29) is 22.0 Å². The Morgan fingerprint density at radius 2 is 2.11 bits per heavy atom. The van der Waals surface area contributed by atoms with Crippen molar-refractivity contribution in [2.75, 3.05) is 10.5 Å². The van der Waals surface area contributed by atoms with Crippen LogP contribution in [-0.4, -0.2) is 18.2 Å². The molecule has 102 valence electrons. The lowest BCUT2D eigenvalue weighted by Gasteiger charge is -2.08. The molecule has 8 heteroatoms. The Balaban J connectivity index is 2.40. The van der Waals surface area contributed by atoms with Gasteiger partial charge in [-0.2, -0.15) is 5.10 Å². The number of halogens is 1. The highest BCUT2D eigenvalue weighted by Crippen LogP contribution is 2.22. The minimum atomic E-state index is -3.91. The number of nitrogens with two attached hydrogens (primary N) is 1. The second kappa shape index (κ2) is 4.54. The summed E-state index contributed by atoms with van der Waals surface area (Å²) < 4.78 is 41.3. The number of hydrogen-bond acceptors (Lipinski definition) is 4. The first-order valence-corrected chi connectivity index (χ1v) is 6.86. The van der Waals surface area contributed by atoms with E-state index in [0.29, 0.717) is 0 Å². The molecule has 0 amide bonds. The van der Waals surface area contributed by atoms with Crippen LogP contribution in [-0.2, 0) is 17.1 Å². The summed E-state index contributed by atoms with van der Waals surface area (Å²) in [5, 5.41) is 3.89. The van der Waals surface area contributed by atoms with Gasteiger partial charge >= 0.3 is 0 Å². The Kier molecular flexibility index (Phi) is 3.19. The fraction of sp³-hybridized carbons (Fsp3) is 0.182. The Labute approximate surface area is 110 Å². The molecular weight excluding hydrogens is 271 g/mol. The van der Waals surface area contributed by atoms with Gasteiger partial charge in [-0.3, -0.25) is 9.40 Å². The summed E-state index contributed by atoms with van der Waals surface area (Å²) in [4.78, 5) is -0.237. The van der Waals surface area contributed by atoms with Crippen LogP contribution in [0.5, 0.6) is 0 Å². The van der Waals surface area contributed by atoms with Gasteiger partial charge in [0.2, 0.25) is 0 Å². The summed E-state index contributed by atoms with van der Waals surface area (Å²) in [7, 11) is -2.25. The lowest BCUT2D eigenvalue weighted by Crippen LogP contribution is -2.14. The third-order valence-electron chi connectivity index (χ3n) is 2.62. The van der Waals surface area contributed by atoms with Crippen molar-refractivity contribution in [2.45, 2.75) is 11.8 Å².